The minimum Gasteiger partial charge on any atom is -0.481 e. The third kappa shape index (κ3) is 3.52. The standard InChI is InChI=1S/C11H17N3O3/c1-14-4-2-3-8(7-14)5-9-12-10(17-13-9)6-11(15)16/h8H,2-7H2,1H3,(H,15,16). The molecule has 1 aromatic rings. The van der Waals surface area contributed by atoms with E-state index in [1.165, 1.54) is 12.8 Å². The number of piperidine rings is 1. The minimum absolute atomic E-state index is 0.191. The second kappa shape index (κ2) is 5.27. The van der Waals surface area contributed by atoms with Crippen LogP contribution in [0.15, 0.2) is 4.52 Å². The number of nitrogens with zero attached hydrogens (tertiary/aromatic N) is 3. The van der Waals surface area contributed by atoms with Gasteiger partial charge in [0, 0.05) is 13.0 Å². The summed E-state index contributed by atoms with van der Waals surface area (Å²) in [6.45, 7) is 2.19. The van der Waals surface area contributed by atoms with Crippen LogP contribution in [0.3, 0.4) is 0 Å². The third-order valence-corrected chi connectivity index (χ3v) is 3.01. The van der Waals surface area contributed by atoms with Crippen molar-refractivity contribution in [3.05, 3.63) is 11.7 Å². The lowest BCUT2D eigenvalue weighted by Gasteiger charge is -2.28. The average Bonchev–Trinajstić information content (AvgIpc) is 2.64. The van der Waals surface area contributed by atoms with Gasteiger partial charge >= 0.3 is 5.97 Å². The first-order valence-electron chi connectivity index (χ1n) is 5.85. The summed E-state index contributed by atoms with van der Waals surface area (Å²) in [4.78, 5) is 16.9. The highest BCUT2D eigenvalue weighted by Crippen LogP contribution is 2.18. The Hall–Kier alpha value is -1.43. The Morgan fingerprint density at radius 3 is 3.18 bits per heavy atom. The van der Waals surface area contributed by atoms with Crippen LogP contribution in [0.1, 0.15) is 24.6 Å². The van der Waals surface area contributed by atoms with Crippen molar-refractivity contribution in [2.45, 2.75) is 25.7 Å². The summed E-state index contributed by atoms with van der Waals surface area (Å²) < 4.78 is 4.89. The number of carboxylic acid groups (broad SMARTS) is 1. The second-order valence-electron chi connectivity index (χ2n) is 4.65. The van der Waals surface area contributed by atoms with Crippen LogP contribution in [0.25, 0.3) is 0 Å². The largest absolute Gasteiger partial charge is 0.481 e. The number of carboxylic acids is 1. The smallest absolute Gasteiger partial charge is 0.312 e. The van der Waals surface area contributed by atoms with Crippen molar-refractivity contribution in [2.24, 2.45) is 5.92 Å². The number of aliphatic carboxylic acids is 1. The van der Waals surface area contributed by atoms with E-state index in [-0.39, 0.29) is 12.3 Å². The molecule has 0 bridgehead atoms. The second-order valence-corrected chi connectivity index (χ2v) is 4.65. The molecule has 0 aliphatic carbocycles. The van der Waals surface area contributed by atoms with Gasteiger partial charge in [-0.3, -0.25) is 4.79 Å². The molecule has 1 N–H and O–H groups in total. The van der Waals surface area contributed by atoms with E-state index in [4.69, 9.17) is 9.63 Å². The highest BCUT2D eigenvalue weighted by atomic mass is 16.5. The van der Waals surface area contributed by atoms with Crippen molar-refractivity contribution in [2.75, 3.05) is 20.1 Å². The van der Waals surface area contributed by atoms with E-state index < -0.39 is 5.97 Å². The lowest BCUT2D eigenvalue weighted by Crippen LogP contribution is -2.33. The van der Waals surface area contributed by atoms with Gasteiger partial charge in [-0.1, -0.05) is 5.16 Å². The Bertz CT molecular complexity index is 391. The topological polar surface area (TPSA) is 79.5 Å². The molecular weight excluding hydrogens is 222 g/mol. The lowest BCUT2D eigenvalue weighted by atomic mass is 9.95. The zero-order valence-electron chi connectivity index (χ0n) is 9.93. The van der Waals surface area contributed by atoms with Gasteiger partial charge in [0.25, 0.3) is 0 Å². The molecule has 1 atom stereocenters. The van der Waals surface area contributed by atoms with E-state index in [1.807, 2.05) is 0 Å². The Morgan fingerprint density at radius 1 is 1.65 bits per heavy atom. The fraction of sp³-hybridized carbons (Fsp3) is 0.727. The number of hydrogen-bond donors (Lipinski definition) is 1. The van der Waals surface area contributed by atoms with E-state index in [9.17, 15) is 4.79 Å². The summed E-state index contributed by atoms with van der Waals surface area (Å²) >= 11 is 0. The monoisotopic (exact) mass is 239 g/mol. The zero-order valence-corrected chi connectivity index (χ0v) is 9.93. The highest BCUT2D eigenvalue weighted by molar-refractivity contribution is 5.68. The van der Waals surface area contributed by atoms with Crippen molar-refractivity contribution in [1.29, 1.82) is 0 Å². The first kappa shape index (κ1) is 12.0. The molecule has 0 aromatic carbocycles. The average molecular weight is 239 g/mol. The predicted octanol–water partition coefficient (Wildman–Crippen LogP) is 0.581. The molecule has 6 nitrogen and oxygen atoms in total. The van der Waals surface area contributed by atoms with Gasteiger partial charge in [0.1, 0.15) is 6.42 Å². The molecule has 1 aromatic heterocycles. The van der Waals surface area contributed by atoms with Gasteiger partial charge in [-0.05, 0) is 32.4 Å². The van der Waals surface area contributed by atoms with E-state index in [0.29, 0.717) is 11.7 Å². The van der Waals surface area contributed by atoms with Crippen molar-refractivity contribution in [3.8, 4) is 0 Å². The molecular formula is C11H17N3O3. The molecule has 2 heterocycles. The summed E-state index contributed by atoms with van der Waals surface area (Å²) in [6, 6.07) is 0. The van der Waals surface area contributed by atoms with Crippen molar-refractivity contribution < 1.29 is 14.4 Å². The van der Waals surface area contributed by atoms with Crippen LogP contribution in [-0.2, 0) is 17.6 Å². The molecule has 0 radical (unpaired) electrons. The van der Waals surface area contributed by atoms with Crippen LogP contribution in [0, 0.1) is 5.92 Å². The van der Waals surface area contributed by atoms with Crippen LogP contribution in [0.2, 0.25) is 0 Å². The molecule has 2 rings (SSSR count). The van der Waals surface area contributed by atoms with Crippen LogP contribution in [0.4, 0.5) is 0 Å². The maximum atomic E-state index is 10.5. The normalized spacial score (nSPS) is 21.6. The first-order valence-corrected chi connectivity index (χ1v) is 5.85. The summed E-state index contributed by atoms with van der Waals surface area (Å²) in [5.74, 6) is 0.417. The number of hydrogen-bond acceptors (Lipinski definition) is 5. The van der Waals surface area contributed by atoms with Crippen LogP contribution >= 0.6 is 0 Å². The number of rotatable bonds is 4. The first-order chi connectivity index (χ1) is 8.13. The number of aromatic nitrogens is 2. The molecule has 1 aliphatic rings. The van der Waals surface area contributed by atoms with Gasteiger partial charge in [-0.15, -0.1) is 0 Å². The summed E-state index contributed by atoms with van der Waals surface area (Å²) in [5.41, 5.74) is 0. The van der Waals surface area contributed by atoms with Crippen LogP contribution in [0.5, 0.6) is 0 Å². The number of likely N-dealkylation sites (tertiary alicyclic amines) is 1. The minimum atomic E-state index is -0.947. The van der Waals surface area contributed by atoms with E-state index >= 15 is 0 Å². The fourth-order valence-corrected chi connectivity index (χ4v) is 2.27. The molecule has 17 heavy (non-hydrogen) atoms. The molecule has 1 aliphatic heterocycles. The molecule has 94 valence electrons. The molecule has 0 spiro atoms. The fourth-order valence-electron chi connectivity index (χ4n) is 2.27. The van der Waals surface area contributed by atoms with E-state index in [2.05, 4.69) is 22.1 Å². The number of carbonyl (C=O) groups is 1. The van der Waals surface area contributed by atoms with Crippen LogP contribution in [-0.4, -0.2) is 46.3 Å². The molecule has 1 unspecified atom stereocenters. The Kier molecular flexibility index (Phi) is 3.73. The summed E-state index contributed by atoms with van der Waals surface area (Å²) in [5, 5.41) is 12.4. The van der Waals surface area contributed by atoms with E-state index in [0.717, 1.165) is 19.5 Å². The van der Waals surface area contributed by atoms with Crippen molar-refractivity contribution in [1.82, 2.24) is 15.0 Å². The third-order valence-electron chi connectivity index (χ3n) is 3.01. The van der Waals surface area contributed by atoms with Gasteiger partial charge in [0.05, 0.1) is 0 Å². The van der Waals surface area contributed by atoms with Crippen molar-refractivity contribution >= 4 is 5.97 Å². The zero-order chi connectivity index (χ0) is 12.3. The predicted molar refractivity (Wildman–Crippen MR) is 59.6 cm³/mol. The molecule has 1 fully saturated rings. The Balaban J connectivity index is 1.89. The molecule has 1 saturated heterocycles. The molecule has 6 heteroatoms. The van der Waals surface area contributed by atoms with Gasteiger partial charge in [-0.25, -0.2) is 0 Å². The maximum Gasteiger partial charge on any atom is 0.312 e. The van der Waals surface area contributed by atoms with Gasteiger partial charge in [0.15, 0.2) is 5.82 Å². The Morgan fingerprint density at radius 2 is 2.47 bits per heavy atom. The summed E-state index contributed by atoms with van der Waals surface area (Å²) in [6.07, 6.45) is 2.94. The lowest BCUT2D eigenvalue weighted by molar-refractivity contribution is -0.136. The SMILES string of the molecule is CN1CCCC(Cc2noc(CC(=O)O)n2)C1. The summed E-state index contributed by atoms with van der Waals surface area (Å²) in [7, 11) is 2.11. The van der Waals surface area contributed by atoms with E-state index in [1.54, 1.807) is 0 Å². The van der Waals surface area contributed by atoms with Crippen LogP contribution < -0.4 is 0 Å². The Labute approximate surface area is 99.6 Å². The van der Waals surface area contributed by atoms with Gasteiger partial charge in [0.2, 0.25) is 5.89 Å². The highest BCUT2D eigenvalue weighted by Gasteiger charge is 2.20. The maximum absolute atomic E-state index is 10.5. The van der Waals surface area contributed by atoms with Gasteiger partial charge < -0.3 is 14.5 Å². The molecule has 0 saturated carbocycles. The quantitative estimate of drug-likeness (QED) is 0.828. The van der Waals surface area contributed by atoms with Gasteiger partial charge in [-0.2, -0.15) is 4.98 Å². The molecule has 0 amide bonds. The van der Waals surface area contributed by atoms with Crippen molar-refractivity contribution in [3.63, 3.8) is 0 Å².